The lowest BCUT2D eigenvalue weighted by atomic mass is 10.2. The summed E-state index contributed by atoms with van der Waals surface area (Å²) in [7, 11) is 0. The number of anilines is 2. The molecule has 0 saturated heterocycles. The summed E-state index contributed by atoms with van der Waals surface area (Å²) in [6.45, 7) is 5.58. The molecule has 2 nitrogen and oxygen atoms in total. The summed E-state index contributed by atoms with van der Waals surface area (Å²) in [6, 6.07) is 16.2. The van der Waals surface area contributed by atoms with E-state index in [9.17, 15) is 0 Å². The molecular weight excluding hydrogens is 258 g/mol. The van der Waals surface area contributed by atoms with Gasteiger partial charge in [-0.2, -0.15) is 0 Å². The molecule has 0 spiro atoms. The Morgan fingerprint density at radius 3 is 2.37 bits per heavy atom. The van der Waals surface area contributed by atoms with Crippen LogP contribution in [0.3, 0.4) is 0 Å². The van der Waals surface area contributed by atoms with Gasteiger partial charge in [-0.25, -0.2) is 0 Å². The van der Waals surface area contributed by atoms with Crippen molar-refractivity contribution in [1.29, 1.82) is 0 Å². The van der Waals surface area contributed by atoms with Crippen LogP contribution in [-0.2, 0) is 0 Å². The van der Waals surface area contributed by atoms with E-state index in [1.807, 2.05) is 43.3 Å². The van der Waals surface area contributed by atoms with Gasteiger partial charge in [0.25, 0.3) is 0 Å². The van der Waals surface area contributed by atoms with Crippen LogP contribution in [-0.4, -0.2) is 13.2 Å². The van der Waals surface area contributed by atoms with Crippen LogP contribution in [0.25, 0.3) is 0 Å². The van der Waals surface area contributed by atoms with Crippen LogP contribution < -0.4 is 9.64 Å². The fraction of sp³-hybridized carbons (Fsp3) is 0.250. The van der Waals surface area contributed by atoms with E-state index in [0.29, 0.717) is 11.6 Å². The average Bonchev–Trinajstić information content (AvgIpc) is 2.44. The van der Waals surface area contributed by atoms with Crippen LogP contribution >= 0.6 is 11.6 Å². The molecule has 0 bridgehead atoms. The molecule has 0 radical (unpaired) electrons. The second kappa shape index (κ2) is 6.48. The van der Waals surface area contributed by atoms with Gasteiger partial charge in [-0.05, 0) is 38.1 Å². The van der Waals surface area contributed by atoms with Crippen molar-refractivity contribution >= 4 is 23.0 Å². The summed E-state index contributed by atoms with van der Waals surface area (Å²) in [5.74, 6) is 0.732. The van der Waals surface area contributed by atoms with E-state index in [1.165, 1.54) is 0 Å². The number of nitrogens with zero attached hydrogens (tertiary/aromatic N) is 1. The normalized spacial score (nSPS) is 10.3. The van der Waals surface area contributed by atoms with E-state index in [0.717, 1.165) is 23.7 Å². The van der Waals surface area contributed by atoms with Gasteiger partial charge in [-0.15, -0.1) is 0 Å². The van der Waals surface area contributed by atoms with Crippen molar-refractivity contribution in [3.8, 4) is 5.75 Å². The molecule has 0 saturated carbocycles. The maximum absolute atomic E-state index is 6.13. The van der Waals surface area contributed by atoms with Gasteiger partial charge < -0.3 is 9.64 Å². The van der Waals surface area contributed by atoms with Gasteiger partial charge in [0.2, 0.25) is 0 Å². The summed E-state index contributed by atoms with van der Waals surface area (Å²) in [6.07, 6.45) is 0. The van der Waals surface area contributed by atoms with Gasteiger partial charge in [-0.3, -0.25) is 0 Å². The molecule has 0 amide bonds. The molecule has 0 aliphatic rings. The van der Waals surface area contributed by atoms with E-state index in [1.54, 1.807) is 0 Å². The first-order chi connectivity index (χ1) is 9.26. The van der Waals surface area contributed by atoms with Crippen LogP contribution in [0.4, 0.5) is 11.4 Å². The average molecular weight is 276 g/mol. The number of para-hydroxylation sites is 1. The first-order valence-corrected chi connectivity index (χ1v) is 6.89. The lowest BCUT2D eigenvalue weighted by Crippen LogP contribution is -2.15. The fourth-order valence-corrected chi connectivity index (χ4v) is 2.22. The van der Waals surface area contributed by atoms with Crippen molar-refractivity contribution in [2.24, 2.45) is 0 Å². The first-order valence-electron chi connectivity index (χ1n) is 6.51. The minimum atomic E-state index is 0.612. The first kappa shape index (κ1) is 13.8. The third-order valence-corrected chi connectivity index (χ3v) is 3.22. The SMILES string of the molecule is CCOc1cc(N(CC)c2ccccc2)ccc1Cl. The van der Waals surface area contributed by atoms with Gasteiger partial charge in [0, 0.05) is 24.0 Å². The van der Waals surface area contributed by atoms with Crippen molar-refractivity contribution in [2.75, 3.05) is 18.1 Å². The Labute approximate surface area is 119 Å². The largest absolute Gasteiger partial charge is 0.492 e. The molecule has 2 aromatic rings. The summed E-state index contributed by atoms with van der Waals surface area (Å²) < 4.78 is 5.55. The Morgan fingerprint density at radius 1 is 1.00 bits per heavy atom. The lowest BCUT2D eigenvalue weighted by molar-refractivity contribution is 0.340. The molecule has 2 rings (SSSR count). The van der Waals surface area contributed by atoms with Crippen LogP contribution in [0.5, 0.6) is 5.75 Å². The maximum Gasteiger partial charge on any atom is 0.139 e. The molecule has 0 fully saturated rings. The van der Waals surface area contributed by atoms with Crippen molar-refractivity contribution in [1.82, 2.24) is 0 Å². The Bertz CT molecular complexity index is 528. The fourth-order valence-electron chi connectivity index (χ4n) is 2.05. The van der Waals surface area contributed by atoms with Crippen LogP contribution in [0.1, 0.15) is 13.8 Å². The number of hydrogen-bond acceptors (Lipinski definition) is 2. The highest BCUT2D eigenvalue weighted by Crippen LogP contribution is 2.32. The van der Waals surface area contributed by atoms with Crippen LogP contribution in [0, 0.1) is 0 Å². The molecule has 0 aromatic heterocycles. The summed E-state index contributed by atoms with van der Waals surface area (Å²) >= 11 is 6.13. The number of rotatable bonds is 5. The van der Waals surface area contributed by atoms with Gasteiger partial charge in [-0.1, -0.05) is 29.8 Å². The Morgan fingerprint density at radius 2 is 1.74 bits per heavy atom. The zero-order chi connectivity index (χ0) is 13.7. The van der Waals surface area contributed by atoms with Crippen LogP contribution in [0.15, 0.2) is 48.5 Å². The van der Waals surface area contributed by atoms with Crippen molar-refractivity contribution in [2.45, 2.75) is 13.8 Å². The minimum absolute atomic E-state index is 0.612. The smallest absolute Gasteiger partial charge is 0.139 e. The molecule has 0 aliphatic heterocycles. The van der Waals surface area contributed by atoms with E-state index < -0.39 is 0 Å². The predicted octanol–water partition coefficient (Wildman–Crippen LogP) is 4.90. The van der Waals surface area contributed by atoms with Gasteiger partial charge in [0.15, 0.2) is 0 Å². The Hall–Kier alpha value is -1.67. The Kier molecular flexibility index (Phi) is 4.69. The van der Waals surface area contributed by atoms with Gasteiger partial charge in [0.05, 0.1) is 11.6 Å². The number of hydrogen-bond donors (Lipinski definition) is 0. The van der Waals surface area contributed by atoms with Crippen molar-refractivity contribution < 1.29 is 4.74 Å². The van der Waals surface area contributed by atoms with Crippen molar-refractivity contribution in [3.05, 3.63) is 53.6 Å². The molecule has 0 heterocycles. The highest BCUT2D eigenvalue weighted by atomic mass is 35.5. The zero-order valence-corrected chi connectivity index (χ0v) is 12.0. The summed E-state index contributed by atoms with van der Waals surface area (Å²) in [5.41, 5.74) is 2.25. The molecule has 3 heteroatoms. The molecule has 2 aromatic carbocycles. The summed E-state index contributed by atoms with van der Waals surface area (Å²) in [4.78, 5) is 2.22. The summed E-state index contributed by atoms with van der Waals surface area (Å²) in [5, 5.41) is 0.648. The Balaban J connectivity index is 2.36. The second-order valence-electron chi connectivity index (χ2n) is 4.13. The minimum Gasteiger partial charge on any atom is -0.492 e. The third kappa shape index (κ3) is 3.21. The second-order valence-corrected chi connectivity index (χ2v) is 4.53. The molecule has 0 atom stereocenters. The molecule has 100 valence electrons. The third-order valence-electron chi connectivity index (χ3n) is 2.91. The highest BCUT2D eigenvalue weighted by molar-refractivity contribution is 6.32. The van der Waals surface area contributed by atoms with E-state index in [4.69, 9.17) is 16.3 Å². The topological polar surface area (TPSA) is 12.5 Å². The quantitative estimate of drug-likeness (QED) is 0.770. The standard InChI is InChI=1S/C16H18ClNO/c1-3-18(13-8-6-5-7-9-13)14-10-11-15(17)16(12-14)19-4-2/h5-12H,3-4H2,1-2H3. The van der Waals surface area contributed by atoms with Gasteiger partial charge in [0.1, 0.15) is 5.75 Å². The maximum atomic E-state index is 6.13. The van der Waals surface area contributed by atoms with E-state index in [-0.39, 0.29) is 0 Å². The lowest BCUT2D eigenvalue weighted by Gasteiger charge is -2.24. The van der Waals surface area contributed by atoms with E-state index in [2.05, 4.69) is 24.0 Å². The highest BCUT2D eigenvalue weighted by Gasteiger charge is 2.10. The number of benzene rings is 2. The molecule has 0 unspecified atom stereocenters. The monoisotopic (exact) mass is 275 g/mol. The van der Waals surface area contributed by atoms with E-state index >= 15 is 0 Å². The predicted molar refractivity (Wildman–Crippen MR) is 81.7 cm³/mol. The number of ether oxygens (including phenoxy) is 1. The van der Waals surface area contributed by atoms with Crippen molar-refractivity contribution in [3.63, 3.8) is 0 Å². The molecule has 19 heavy (non-hydrogen) atoms. The van der Waals surface area contributed by atoms with Crippen LogP contribution in [0.2, 0.25) is 5.02 Å². The molecular formula is C16H18ClNO. The molecule has 0 N–H and O–H groups in total. The molecule has 0 aliphatic carbocycles. The van der Waals surface area contributed by atoms with Gasteiger partial charge >= 0.3 is 0 Å². The number of halogens is 1. The zero-order valence-electron chi connectivity index (χ0n) is 11.3.